The number of benzene rings is 1. The van der Waals surface area contributed by atoms with Gasteiger partial charge < -0.3 is 20.1 Å². The lowest BCUT2D eigenvalue weighted by Crippen LogP contribution is -2.36. The van der Waals surface area contributed by atoms with Crippen LogP contribution in [0, 0.1) is 0 Å². The third-order valence-corrected chi connectivity index (χ3v) is 3.67. The molecule has 0 spiro atoms. The highest BCUT2D eigenvalue weighted by Crippen LogP contribution is 2.15. The molecule has 2 N–H and O–H groups in total. The number of nitrogens with one attached hydrogen (secondary N) is 2. The first-order valence-corrected chi connectivity index (χ1v) is 8.56. The molecule has 0 atom stereocenters. The summed E-state index contributed by atoms with van der Waals surface area (Å²) in [7, 11) is 3.23. The van der Waals surface area contributed by atoms with E-state index in [-0.39, 0.29) is 30.6 Å². The van der Waals surface area contributed by atoms with Gasteiger partial charge in [-0.3, -0.25) is 4.99 Å². The molecule has 6 nitrogen and oxygen atoms in total. The van der Waals surface area contributed by atoms with Crippen LogP contribution in [0.1, 0.15) is 16.8 Å². The van der Waals surface area contributed by atoms with Crippen LogP contribution in [-0.4, -0.2) is 37.9 Å². The standard InChI is InChI=1S/C19H23F3N4O2.HI/c1-23-18(25-11-16-4-3-5-17(26-16)27-2)24-10-14-6-8-15(9-7-14)12-28-13-19(20,21)22;/h3-9H,10-13H2,1-2H3,(H2,23,24,25);1H. The minimum atomic E-state index is -4.31. The van der Waals surface area contributed by atoms with Gasteiger partial charge in [0, 0.05) is 19.7 Å². The number of guanidine groups is 1. The van der Waals surface area contributed by atoms with Crippen molar-refractivity contribution in [2.24, 2.45) is 4.99 Å². The monoisotopic (exact) mass is 524 g/mol. The Kier molecular flexibility index (Phi) is 10.7. The zero-order valence-electron chi connectivity index (χ0n) is 16.1. The molecule has 2 rings (SSSR count). The predicted molar refractivity (Wildman–Crippen MR) is 115 cm³/mol. The number of hydrogen-bond donors (Lipinski definition) is 2. The molecule has 10 heteroatoms. The summed E-state index contributed by atoms with van der Waals surface area (Å²) >= 11 is 0. The molecule has 0 aliphatic heterocycles. The molecule has 0 radical (unpaired) electrons. The molecule has 29 heavy (non-hydrogen) atoms. The Hall–Kier alpha value is -2.08. The Labute approximate surface area is 184 Å². The summed E-state index contributed by atoms with van der Waals surface area (Å²) in [6, 6.07) is 12.6. The lowest BCUT2D eigenvalue weighted by molar-refractivity contribution is -0.176. The summed E-state index contributed by atoms with van der Waals surface area (Å²) in [5.41, 5.74) is 2.45. The first-order chi connectivity index (χ1) is 13.4. The maximum absolute atomic E-state index is 12.1. The molecule has 0 aliphatic carbocycles. The smallest absolute Gasteiger partial charge is 0.411 e. The Balaban J connectivity index is 0.00000420. The van der Waals surface area contributed by atoms with Crippen molar-refractivity contribution < 1.29 is 22.6 Å². The summed E-state index contributed by atoms with van der Waals surface area (Å²) in [5, 5.41) is 6.32. The Morgan fingerprint density at radius 2 is 1.69 bits per heavy atom. The second kappa shape index (κ2) is 12.5. The number of nitrogens with zero attached hydrogens (tertiary/aromatic N) is 2. The van der Waals surface area contributed by atoms with Crippen molar-refractivity contribution in [2.75, 3.05) is 20.8 Å². The van der Waals surface area contributed by atoms with Crippen molar-refractivity contribution in [3.63, 3.8) is 0 Å². The van der Waals surface area contributed by atoms with Gasteiger partial charge in [-0.25, -0.2) is 4.98 Å². The third kappa shape index (κ3) is 9.79. The normalized spacial score (nSPS) is 11.6. The number of aromatic nitrogens is 1. The molecule has 0 bridgehead atoms. The van der Waals surface area contributed by atoms with Gasteiger partial charge in [0.1, 0.15) is 6.61 Å². The molecular weight excluding hydrogens is 500 g/mol. The van der Waals surface area contributed by atoms with Crippen LogP contribution >= 0.6 is 24.0 Å². The number of alkyl halides is 3. The zero-order chi connectivity index (χ0) is 20.4. The van der Waals surface area contributed by atoms with Crippen LogP contribution in [0.15, 0.2) is 47.5 Å². The van der Waals surface area contributed by atoms with Gasteiger partial charge in [0.15, 0.2) is 5.96 Å². The van der Waals surface area contributed by atoms with E-state index in [1.165, 1.54) is 0 Å². The number of rotatable bonds is 8. The molecule has 0 aliphatic rings. The van der Waals surface area contributed by atoms with E-state index in [0.29, 0.717) is 30.5 Å². The molecule has 1 aromatic heterocycles. The third-order valence-electron chi connectivity index (χ3n) is 3.67. The average Bonchev–Trinajstić information content (AvgIpc) is 2.68. The van der Waals surface area contributed by atoms with Gasteiger partial charge in [0.2, 0.25) is 5.88 Å². The topological polar surface area (TPSA) is 67.8 Å². The summed E-state index contributed by atoms with van der Waals surface area (Å²) in [6.45, 7) is -0.342. The molecular formula is C19H24F3IN4O2. The maximum atomic E-state index is 12.1. The first-order valence-electron chi connectivity index (χ1n) is 8.56. The van der Waals surface area contributed by atoms with Gasteiger partial charge in [-0.1, -0.05) is 30.3 Å². The van der Waals surface area contributed by atoms with Crippen molar-refractivity contribution in [1.29, 1.82) is 0 Å². The van der Waals surface area contributed by atoms with E-state index in [9.17, 15) is 13.2 Å². The van der Waals surface area contributed by atoms with E-state index in [2.05, 4.69) is 25.3 Å². The SMILES string of the molecule is CN=C(NCc1ccc(COCC(F)(F)F)cc1)NCc1cccc(OC)n1.I. The fourth-order valence-electron chi connectivity index (χ4n) is 2.29. The fourth-order valence-corrected chi connectivity index (χ4v) is 2.29. The molecule has 0 fully saturated rings. The molecule has 0 saturated heterocycles. The molecule has 0 unspecified atom stereocenters. The van der Waals surface area contributed by atoms with Crippen molar-refractivity contribution in [3.05, 3.63) is 59.3 Å². The van der Waals surface area contributed by atoms with Gasteiger partial charge >= 0.3 is 6.18 Å². The van der Waals surface area contributed by atoms with Gasteiger partial charge in [-0.05, 0) is 17.2 Å². The number of hydrogen-bond acceptors (Lipinski definition) is 4. The predicted octanol–water partition coefficient (Wildman–Crippen LogP) is 3.65. The Morgan fingerprint density at radius 3 is 2.31 bits per heavy atom. The van der Waals surface area contributed by atoms with Crippen molar-refractivity contribution >= 4 is 29.9 Å². The second-order valence-corrected chi connectivity index (χ2v) is 5.88. The van der Waals surface area contributed by atoms with Gasteiger partial charge in [0.25, 0.3) is 0 Å². The lowest BCUT2D eigenvalue weighted by Gasteiger charge is -2.12. The summed E-state index contributed by atoms with van der Waals surface area (Å²) in [6.07, 6.45) is -4.31. The van der Waals surface area contributed by atoms with Crippen LogP contribution in [0.2, 0.25) is 0 Å². The van der Waals surface area contributed by atoms with Crippen LogP contribution in [0.3, 0.4) is 0 Å². The summed E-state index contributed by atoms with van der Waals surface area (Å²) in [5.74, 6) is 1.14. The van der Waals surface area contributed by atoms with E-state index < -0.39 is 12.8 Å². The highest BCUT2D eigenvalue weighted by atomic mass is 127. The first kappa shape index (κ1) is 25.0. The molecule has 1 aromatic carbocycles. The molecule has 160 valence electrons. The highest BCUT2D eigenvalue weighted by Gasteiger charge is 2.27. The number of ether oxygens (including phenoxy) is 2. The molecule has 0 saturated carbocycles. The van der Waals surface area contributed by atoms with E-state index in [1.54, 1.807) is 32.4 Å². The van der Waals surface area contributed by atoms with E-state index in [1.807, 2.05) is 24.3 Å². The number of pyridine rings is 1. The minimum Gasteiger partial charge on any atom is -0.481 e. The van der Waals surface area contributed by atoms with Crippen LogP contribution in [0.5, 0.6) is 5.88 Å². The lowest BCUT2D eigenvalue weighted by atomic mass is 10.1. The number of halogens is 4. The van der Waals surface area contributed by atoms with E-state index in [4.69, 9.17) is 4.74 Å². The van der Waals surface area contributed by atoms with Gasteiger partial charge in [-0.2, -0.15) is 13.2 Å². The number of aliphatic imine (C=N–C) groups is 1. The van der Waals surface area contributed by atoms with Crippen molar-refractivity contribution in [2.45, 2.75) is 25.9 Å². The van der Waals surface area contributed by atoms with E-state index >= 15 is 0 Å². The van der Waals surface area contributed by atoms with E-state index in [0.717, 1.165) is 11.3 Å². The zero-order valence-corrected chi connectivity index (χ0v) is 18.5. The Bertz CT molecular complexity index is 771. The molecule has 0 amide bonds. The molecule has 2 aromatic rings. The van der Waals surface area contributed by atoms with Crippen LogP contribution in [-0.2, 0) is 24.4 Å². The summed E-state index contributed by atoms with van der Waals surface area (Å²) < 4.78 is 46.0. The molecule has 1 heterocycles. The van der Waals surface area contributed by atoms with Crippen molar-refractivity contribution in [1.82, 2.24) is 15.6 Å². The maximum Gasteiger partial charge on any atom is 0.411 e. The van der Waals surface area contributed by atoms with Crippen LogP contribution in [0.25, 0.3) is 0 Å². The van der Waals surface area contributed by atoms with Crippen LogP contribution in [0.4, 0.5) is 13.2 Å². The minimum absolute atomic E-state index is 0. The summed E-state index contributed by atoms with van der Waals surface area (Å²) in [4.78, 5) is 8.47. The Morgan fingerprint density at radius 1 is 1.03 bits per heavy atom. The van der Waals surface area contributed by atoms with Crippen molar-refractivity contribution in [3.8, 4) is 5.88 Å². The average molecular weight is 524 g/mol. The largest absolute Gasteiger partial charge is 0.481 e. The quantitative estimate of drug-likeness (QED) is 0.314. The van der Waals surface area contributed by atoms with Gasteiger partial charge in [-0.15, -0.1) is 24.0 Å². The van der Waals surface area contributed by atoms with Crippen LogP contribution < -0.4 is 15.4 Å². The fraction of sp³-hybridized carbons (Fsp3) is 0.368. The van der Waals surface area contributed by atoms with Gasteiger partial charge in [0.05, 0.1) is 26.0 Å². The highest BCUT2D eigenvalue weighted by molar-refractivity contribution is 14.0. The number of methoxy groups -OCH3 is 1. The second-order valence-electron chi connectivity index (χ2n) is 5.88.